The van der Waals surface area contributed by atoms with Crippen molar-refractivity contribution in [3.05, 3.63) is 39.9 Å². The van der Waals surface area contributed by atoms with Gasteiger partial charge in [0.25, 0.3) is 5.91 Å². The van der Waals surface area contributed by atoms with Crippen LogP contribution in [0.2, 0.25) is 0 Å². The summed E-state index contributed by atoms with van der Waals surface area (Å²) in [5, 5.41) is 15.5. The van der Waals surface area contributed by atoms with Crippen LogP contribution in [0.15, 0.2) is 18.2 Å². The third-order valence-corrected chi connectivity index (χ3v) is 3.57. The Kier molecular flexibility index (Phi) is 5.04. The molecule has 6 heteroatoms. The largest absolute Gasteiger partial charge is 0.395 e. The van der Waals surface area contributed by atoms with Gasteiger partial charge in [0.15, 0.2) is 0 Å². The van der Waals surface area contributed by atoms with Crippen LogP contribution in [0.3, 0.4) is 0 Å². The molecule has 0 aliphatic carbocycles. The summed E-state index contributed by atoms with van der Waals surface area (Å²) >= 11 is 1.07. The third kappa shape index (κ3) is 3.88. The molecular formula is C15H15N3O2S. The van der Waals surface area contributed by atoms with Crippen molar-refractivity contribution in [2.45, 2.75) is 20.3 Å². The lowest BCUT2D eigenvalue weighted by Gasteiger charge is -2.07. The molecule has 1 heterocycles. The number of rotatable bonds is 3. The van der Waals surface area contributed by atoms with E-state index in [0.29, 0.717) is 22.7 Å². The fourth-order valence-electron chi connectivity index (χ4n) is 1.70. The van der Waals surface area contributed by atoms with E-state index in [2.05, 4.69) is 26.7 Å². The molecule has 2 rings (SSSR count). The van der Waals surface area contributed by atoms with Gasteiger partial charge < -0.3 is 10.4 Å². The molecule has 1 aromatic heterocycles. The molecule has 108 valence electrons. The first kappa shape index (κ1) is 15.2. The second kappa shape index (κ2) is 6.97. The van der Waals surface area contributed by atoms with Crippen molar-refractivity contribution in [3.8, 4) is 11.8 Å². The first-order valence-corrected chi connectivity index (χ1v) is 7.20. The van der Waals surface area contributed by atoms with Crippen LogP contribution in [-0.2, 0) is 0 Å². The SMILES string of the molecule is Cc1ccc(C#CCCO)c(NC(=O)c2snnc2C)c1. The number of aliphatic hydroxyl groups excluding tert-OH is 1. The van der Waals surface area contributed by atoms with Crippen LogP contribution in [0.5, 0.6) is 0 Å². The highest BCUT2D eigenvalue weighted by Gasteiger charge is 2.14. The Bertz CT molecular complexity index is 713. The molecule has 1 aromatic carbocycles. The van der Waals surface area contributed by atoms with E-state index >= 15 is 0 Å². The summed E-state index contributed by atoms with van der Waals surface area (Å²) < 4.78 is 3.76. The Labute approximate surface area is 127 Å². The minimum absolute atomic E-state index is 0.0201. The third-order valence-electron chi connectivity index (χ3n) is 2.74. The highest BCUT2D eigenvalue weighted by atomic mass is 32.1. The van der Waals surface area contributed by atoms with Gasteiger partial charge in [-0.15, -0.1) is 5.10 Å². The number of hydrogen-bond donors (Lipinski definition) is 2. The van der Waals surface area contributed by atoms with E-state index in [4.69, 9.17) is 5.11 Å². The van der Waals surface area contributed by atoms with Gasteiger partial charge in [0.1, 0.15) is 4.88 Å². The maximum atomic E-state index is 12.2. The number of anilines is 1. The van der Waals surface area contributed by atoms with Crippen LogP contribution in [0.4, 0.5) is 5.69 Å². The highest BCUT2D eigenvalue weighted by Crippen LogP contribution is 2.19. The summed E-state index contributed by atoms with van der Waals surface area (Å²) in [6.45, 7) is 3.71. The van der Waals surface area contributed by atoms with E-state index in [1.165, 1.54) is 0 Å². The summed E-state index contributed by atoms with van der Waals surface area (Å²) in [5.41, 5.74) is 3.01. The van der Waals surface area contributed by atoms with E-state index < -0.39 is 0 Å². The van der Waals surface area contributed by atoms with Gasteiger partial charge >= 0.3 is 0 Å². The van der Waals surface area contributed by atoms with Gasteiger partial charge in [-0.25, -0.2) is 0 Å². The van der Waals surface area contributed by atoms with Crippen LogP contribution in [-0.4, -0.2) is 27.2 Å². The molecule has 0 saturated heterocycles. The van der Waals surface area contributed by atoms with Crippen LogP contribution in [0, 0.1) is 25.7 Å². The fourth-order valence-corrected chi connectivity index (χ4v) is 2.25. The molecule has 2 aromatic rings. The van der Waals surface area contributed by atoms with E-state index in [1.807, 2.05) is 25.1 Å². The summed E-state index contributed by atoms with van der Waals surface area (Å²) in [5.74, 6) is 5.57. The molecular weight excluding hydrogens is 286 g/mol. The number of carbonyl (C=O) groups excluding carboxylic acids is 1. The number of benzene rings is 1. The zero-order valence-electron chi connectivity index (χ0n) is 11.8. The fraction of sp³-hybridized carbons (Fsp3) is 0.267. The Morgan fingerprint density at radius 3 is 2.90 bits per heavy atom. The number of aliphatic hydroxyl groups is 1. The molecule has 0 unspecified atom stereocenters. The predicted octanol–water partition coefficient (Wildman–Crippen LogP) is 2.14. The number of amides is 1. The number of carbonyl (C=O) groups is 1. The van der Waals surface area contributed by atoms with Crippen molar-refractivity contribution in [1.29, 1.82) is 0 Å². The predicted molar refractivity (Wildman–Crippen MR) is 82.4 cm³/mol. The van der Waals surface area contributed by atoms with Crippen molar-refractivity contribution >= 4 is 23.1 Å². The Balaban J connectivity index is 2.27. The van der Waals surface area contributed by atoms with E-state index in [1.54, 1.807) is 6.92 Å². The Morgan fingerprint density at radius 1 is 1.43 bits per heavy atom. The van der Waals surface area contributed by atoms with Crippen LogP contribution >= 0.6 is 11.5 Å². The van der Waals surface area contributed by atoms with Crippen molar-refractivity contribution < 1.29 is 9.90 Å². The first-order chi connectivity index (χ1) is 10.1. The van der Waals surface area contributed by atoms with Gasteiger partial charge in [0, 0.05) is 12.0 Å². The standard InChI is InChI=1S/C15H15N3O2S/c1-10-6-7-12(5-3-4-8-19)13(9-10)16-15(20)14-11(2)17-18-21-14/h6-7,9,19H,4,8H2,1-2H3,(H,16,20). The molecule has 5 nitrogen and oxygen atoms in total. The van der Waals surface area contributed by atoms with Crippen molar-refractivity contribution in [2.24, 2.45) is 0 Å². The summed E-state index contributed by atoms with van der Waals surface area (Å²) in [7, 11) is 0. The lowest BCUT2D eigenvalue weighted by Crippen LogP contribution is -2.12. The first-order valence-electron chi connectivity index (χ1n) is 6.42. The zero-order valence-corrected chi connectivity index (χ0v) is 12.6. The molecule has 0 aliphatic rings. The smallest absolute Gasteiger partial charge is 0.269 e. The van der Waals surface area contributed by atoms with Gasteiger partial charge in [-0.2, -0.15) is 0 Å². The van der Waals surface area contributed by atoms with E-state index in [0.717, 1.165) is 22.7 Å². The van der Waals surface area contributed by atoms with Crippen LogP contribution < -0.4 is 5.32 Å². The number of aromatic nitrogens is 2. The average Bonchev–Trinajstić information content (AvgIpc) is 2.88. The minimum atomic E-state index is -0.238. The van der Waals surface area contributed by atoms with Gasteiger partial charge in [-0.05, 0) is 43.1 Å². The summed E-state index contributed by atoms with van der Waals surface area (Å²) in [4.78, 5) is 12.7. The highest BCUT2D eigenvalue weighted by molar-refractivity contribution is 7.08. The molecule has 0 bridgehead atoms. The zero-order chi connectivity index (χ0) is 15.2. The number of nitrogens with one attached hydrogen (secondary N) is 1. The molecule has 2 N–H and O–H groups in total. The van der Waals surface area contributed by atoms with Gasteiger partial charge in [-0.3, -0.25) is 4.79 Å². The van der Waals surface area contributed by atoms with Gasteiger partial charge in [0.05, 0.1) is 18.0 Å². The van der Waals surface area contributed by atoms with Crippen LogP contribution in [0.1, 0.15) is 32.9 Å². The number of aryl methyl sites for hydroxylation is 2. The minimum Gasteiger partial charge on any atom is -0.395 e. The monoisotopic (exact) mass is 301 g/mol. The summed E-state index contributed by atoms with van der Waals surface area (Å²) in [6, 6.07) is 5.65. The summed E-state index contributed by atoms with van der Waals surface area (Å²) in [6.07, 6.45) is 0.402. The van der Waals surface area contributed by atoms with Gasteiger partial charge in [0.2, 0.25) is 0 Å². The van der Waals surface area contributed by atoms with Gasteiger partial charge in [-0.1, -0.05) is 22.4 Å². The molecule has 0 atom stereocenters. The lowest BCUT2D eigenvalue weighted by molar-refractivity contribution is 0.103. The maximum absolute atomic E-state index is 12.2. The second-order valence-corrected chi connectivity index (χ2v) is 5.22. The van der Waals surface area contributed by atoms with E-state index in [-0.39, 0.29) is 12.5 Å². The molecule has 1 amide bonds. The molecule has 0 radical (unpaired) electrons. The van der Waals surface area contributed by atoms with Crippen LogP contribution in [0.25, 0.3) is 0 Å². The normalized spacial score (nSPS) is 9.86. The molecule has 0 spiro atoms. The van der Waals surface area contributed by atoms with Crippen molar-refractivity contribution in [3.63, 3.8) is 0 Å². The molecule has 0 saturated carbocycles. The number of nitrogens with zero attached hydrogens (tertiary/aromatic N) is 2. The lowest BCUT2D eigenvalue weighted by atomic mass is 10.1. The Morgan fingerprint density at radius 2 is 2.24 bits per heavy atom. The molecule has 21 heavy (non-hydrogen) atoms. The Hall–Kier alpha value is -2.23. The second-order valence-electron chi connectivity index (χ2n) is 4.47. The molecule has 0 aliphatic heterocycles. The van der Waals surface area contributed by atoms with E-state index in [9.17, 15) is 4.79 Å². The van der Waals surface area contributed by atoms with Crippen molar-refractivity contribution in [2.75, 3.05) is 11.9 Å². The maximum Gasteiger partial charge on any atom is 0.269 e. The number of hydrogen-bond acceptors (Lipinski definition) is 5. The van der Waals surface area contributed by atoms with Crippen molar-refractivity contribution in [1.82, 2.24) is 9.59 Å². The topological polar surface area (TPSA) is 75.1 Å². The molecule has 0 fully saturated rings. The quantitative estimate of drug-likeness (QED) is 0.852. The average molecular weight is 301 g/mol.